The first-order valence-electron chi connectivity index (χ1n) is 7.92. The lowest BCUT2D eigenvalue weighted by Gasteiger charge is -2.21. The summed E-state index contributed by atoms with van der Waals surface area (Å²) in [6.07, 6.45) is 3.04. The predicted molar refractivity (Wildman–Crippen MR) is 90.6 cm³/mol. The van der Waals surface area contributed by atoms with Gasteiger partial charge in [-0.2, -0.15) is 4.98 Å². The standard InChI is InChI=1S/C17H19ClN4O/c18-13-4-2-1-3-12(13)17(6-7-17)22-15-9-14(20-16(19)21-15)11-5-8-23-10-11/h1-4,9,11H,5-8,10H2,(H3,19,20,21,22). The van der Waals surface area contributed by atoms with Crippen LogP contribution in [0, 0.1) is 0 Å². The molecule has 1 saturated heterocycles. The van der Waals surface area contributed by atoms with E-state index in [1.807, 2.05) is 24.3 Å². The summed E-state index contributed by atoms with van der Waals surface area (Å²) in [5.41, 5.74) is 7.84. The van der Waals surface area contributed by atoms with Crippen LogP contribution in [-0.4, -0.2) is 23.2 Å². The number of ether oxygens (including phenoxy) is 1. The van der Waals surface area contributed by atoms with E-state index in [-0.39, 0.29) is 5.54 Å². The fraction of sp³-hybridized carbons (Fsp3) is 0.412. The van der Waals surface area contributed by atoms with Crippen LogP contribution < -0.4 is 11.1 Å². The Morgan fingerprint density at radius 1 is 1.26 bits per heavy atom. The molecular weight excluding hydrogens is 312 g/mol. The minimum Gasteiger partial charge on any atom is -0.381 e. The van der Waals surface area contributed by atoms with Crippen molar-refractivity contribution in [2.45, 2.75) is 30.7 Å². The summed E-state index contributed by atoms with van der Waals surface area (Å²) in [6.45, 7) is 1.48. The van der Waals surface area contributed by atoms with E-state index in [4.69, 9.17) is 22.1 Å². The van der Waals surface area contributed by atoms with E-state index in [0.717, 1.165) is 48.0 Å². The molecule has 4 rings (SSSR count). The smallest absolute Gasteiger partial charge is 0.222 e. The van der Waals surface area contributed by atoms with Gasteiger partial charge in [-0.1, -0.05) is 29.8 Å². The van der Waals surface area contributed by atoms with Gasteiger partial charge in [0.25, 0.3) is 0 Å². The number of hydrogen-bond acceptors (Lipinski definition) is 5. The summed E-state index contributed by atoms with van der Waals surface area (Å²) in [4.78, 5) is 8.73. The Morgan fingerprint density at radius 3 is 2.78 bits per heavy atom. The van der Waals surface area contributed by atoms with Gasteiger partial charge >= 0.3 is 0 Å². The molecule has 0 radical (unpaired) electrons. The molecule has 1 saturated carbocycles. The Hall–Kier alpha value is -1.85. The Kier molecular flexibility index (Phi) is 3.62. The predicted octanol–water partition coefficient (Wildman–Crippen LogP) is 3.32. The van der Waals surface area contributed by atoms with Crippen molar-refractivity contribution in [3.8, 4) is 0 Å². The quantitative estimate of drug-likeness (QED) is 0.899. The minimum absolute atomic E-state index is 0.136. The molecule has 1 aliphatic carbocycles. The Morgan fingerprint density at radius 2 is 2.09 bits per heavy atom. The number of nitrogens with two attached hydrogens (primary N) is 1. The van der Waals surface area contributed by atoms with E-state index < -0.39 is 0 Å². The number of benzene rings is 1. The summed E-state index contributed by atoms with van der Waals surface area (Å²) in [5.74, 6) is 1.36. The van der Waals surface area contributed by atoms with Crippen molar-refractivity contribution in [1.29, 1.82) is 0 Å². The number of halogens is 1. The maximum absolute atomic E-state index is 6.37. The lowest BCUT2D eigenvalue weighted by Crippen LogP contribution is -2.21. The first-order chi connectivity index (χ1) is 11.2. The molecule has 1 aliphatic heterocycles. The van der Waals surface area contributed by atoms with Gasteiger partial charge in [0.2, 0.25) is 5.95 Å². The van der Waals surface area contributed by atoms with Crippen molar-refractivity contribution >= 4 is 23.4 Å². The second kappa shape index (κ2) is 5.65. The molecule has 5 nitrogen and oxygen atoms in total. The molecule has 2 fully saturated rings. The van der Waals surface area contributed by atoms with Gasteiger partial charge in [-0.05, 0) is 30.9 Å². The topological polar surface area (TPSA) is 73.1 Å². The largest absolute Gasteiger partial charge is 0.381 e. The van der Waals surface area contributed by atoms with Gasteiger partial charge in [-0.25, -0.2) is 4.98 Å². The minimum atomic E-state index is -0.136. The van der Waals surface area contributed by atoms with Gasteiger partial charge in [0.05, 0.1) is 17.8 Å². The van der Waals surface area contributed by atoms with E-state index in [9.17, 15) is 0 Å². The Labute approximate surface area is 140 Å². The number of nitrogens with zero attached hydrogens (tertiary/aromatic N) is 2. The van der Waals surface area contributed by atoms with Crippen LogP contribution in [0.5, 0.6) is 0 Å². The summed E-state index contributed by atoms with van der Waals surface area (Å²) < 4.78 is 5.45. The van der Waals surface area contributed by atoms with Gasteiger partial charge in [-0.3, -0.25) is 0 Å². The maximum atomic E-state index is 6.37. The zero-order valence-corrected chi connectivity index (χ0v) is 13.5. The fourth-order valence-electron chi connectivity index (χ4n) is 3.21. The van der Waals surface area contributed by atoms with Crippen molar-refractivity contribution in [2.24, 2.45) is 0 Å². The highest BCUT2D eigenvalue weighted by Crippen LogP contribution is 2.50. The average molecular weight is 331 g/mol. The number of nitrogen functional groups attached to an aromatic ring is 1. The first kappa shape index (κ1) is 14.7. The number of anilines is 2. The summed E-state index contributed by atoms with van der Waals surface area (Å²) in [6, 6.07) is 9.95. The van der Waals surface area contributed by atoms with Gasteiger partial charge < -0.3 is 15.8 Å². The van der Waals surface area contributed by atoms with E-state index in [0.29, 0.717) is 18.5 Å². The van der Waals surface area contributed by atoms with Crippen molar-refractivity contribution in [3.63, 3.8) is 0 Å². The number of hydrogen-bond donors (Lipinski definition) is 2. The van der Waals surface area contributed by atoms with Gasteiger partial charge in [0, 0.05) is 23.6 Å². The highest BCUT2D eigenvalue weighted by molar-refractivity contribution is 6.31. The molecule has 3 N–H and O–H groups in total. The molecule has 2 heterocycles. The fourth-order valence-corrected chi connectivity index (χ4v) is 3.52. The van der Waals surface area contributed by atoms with Crippen molar-refractivity contribution in [3.05, 3.63) is 46.6 Å². The SMILES string of the molecule is Nc1nc(NC2(c3ccccc3Cl)CC2)cc(C2CCOC2)n1. The highest BCUT2D eigenvalue weighted by Gasteiger charge is 2.46. The van der Waals surface area contributed by atoms with Gasteiger partial charge in [-0.15, -0.1) is 0 Å². The molecule has 1 atom stereocenters. The third-order valence-electron chi connectivity index (χ3n) is 4.62. The van der Waals surface area contributed by atoms with Crippen LogP contribution >= 0.6 is 11.6 Å². The van der Waals surface area contributed by atoms with E-state index in [1.54, 1.807) is 0 Å². The zero-order chi connectivity index (χ0) is 15.9. The monoisotopic (exact) mass is 330 g/mol. The zero-order valence-electron chi connectivity index (χ0n) is 12.8. The van der Waals surface area contributed by atoms with Gasteiger partial charge in [0.15, 0.2) is 0 Å². The van der Waals surface area contributed by atoms with Crippen molar-refractivity contribution in [1.82, 2.24) is 9.97 Å². The van der Waals surface area contributed by atoms with Crippen LogP contribution in [0.25, 0.3) is 0 Å². The molecule has 23 heavy (non-hydrogen) atoms. The third-order valence-corrected chi connectivity index (χ3v) is 4.95. The highest BCUT2D eigenvalue weighted by atomic mass is 35.5. The summed E-state index contributed by atoms with van der Waals surface area (Å²) in [7, 11) is 0. The molecule has 1 aromatic carbocycles. The molecule has 1 aromatic heterocycles. The first-order valence-corrected chi connectivity index (χ1v) is 8.29. The maximum Gasteiger partial charge on any atom is 0.222 e. The molecule has 0 bridgehead atoms. The van der Waals surface area contributed by atoms with Gasteiger partial charge in [0.1, 0.15) is 5.82 Å². The molecule has 0 spiro atoms. The molecule has 2 aromatic rings. The number of rotatable bonds is 4. The van der Waals surface area contributed by atoms with Crippen LogP contribution in [0.4, 0.5) is 11.8 Å². The van der Waals surface area contributed by atoms with Crippen LogP contribution in [-0.2, 0) is 10.3 Å². The lowest BCUT2D eigenvalue weighted by atomic mass is 10.0. The van der Waals surface area contributed by atoms with Crippen LogP contribution in [0.3, 0.4) is 0 Å². The molecule has 6 heteroatoms. The average Bonchev–Trinajstić information content (AvgIpc) is 3.10. The van der Waals surface area contributed by atoms with Crippen LogP contribution in [0.15, 0.2) is 30.3 Å². The van der Waals surface area contributed by atoms with Crippen molar-refractivity contribution in [2.75, 3.05) is 24.3 Å². The molecule has 120 valence electrons. The Bertz CT molecular complexity index is 726. The molecule has 1 unspecified atom stereocenters. The Balaban J connectivity index is 1.63. The third kappa shape index (κ3) is 2.86. The second-order valence-corrected chi connectivity index (χ2v) is 6.69. The summed E-state index contributed by atoms with van der Waals surface area (Å²) in [5, 5.41) is 4.32. The summed E-state index contributed by atoms with van der Waals surface area (Å²) >= 11 is 6.37. The van der Waals surface area contributed by atoms with E-state index in [1.165, 1.54) is 0 Å². The van der Waals surface area contributed by atoms with Crippen LogP contribution in [0.2, 0.25) is 5.02 Å². The number of aromatic nitrogens is 2. The molecular formula is C17H19ClN4O. The van der Waals surface area contributed by atoms with Crippen molar-refractivity contribution < 1.29 is 4.74 Å². The van der Waals surface area contributed by atoms with E-state index >= 15 is 0 Å². The second-order valence-electron chi connectivity index (χ2n) is 6.28. The normalized spacial score (nSPS) is 22.0. The lowest BCUT2D eigenvalue weighted by molar-refractivity contribution is 0.193. The van der Waals surface area contributed by atoms with E-state index in [2.05, 4.69) is 21.4 Å². The molecule has 0 amide bonds. The molecule has 2 aliphatic rings. The number of nitrogens with one attached hydrogen (secondary N) is 1. The van der Waals surface area contributed by atoms with Crippen LogP contribution in [0.1, 0.15) is 36.4 Å².